The molecule has 1 aromatic heterocycles. The molecule has 0 aromatic carbocycles. The highest BCUT2D eigenvalue weighted by Gasteiger charge is 2.49. The zero-order valence-electron chi connectivity index (χ0n) is 12.8. The zero-order valence-corrected chi connectivity index (χ0v) is 14.5. The number of primary sulfonamides is 1. The van der Waals surface area contributed by atoms with Crippen LogP contribution in [0.2, 0.25) is 0 Å². The van der Waals surface area contributed by atoms with Crippen molar-refractivity contribution in [2.75, 3.05) is 26.7 Å². The summed E-state index contributed by atoms with van der Waals surface area (Å²) in [5, 5.41) is 6.70. The van der Waals surface area contributed by atoms with Gasteiger partial charge in [-0.25, -0.2) is 13.6 Å². The third kappa shape index (κ3) is 2.77. The van der Waals surface area contributed by atoms with E-state index in [1.54, 1.807) is 22.2 Å². The monoisotopic (exact) mass is 357 g/mol. The first-order valence-electron chi connectivity index (χ1n) is 7.40. The number of hydrogen-bond acceptors (Lipinski definition) is 5. The van der Waals surface area contributed by atoms with Crippen molar-refractivity contribution in [3.8, 4) is 0 Å². The predicted molar refractivity (Wildman–Crippen MR) is 85.5 cm³/mol. The molecule has 3 rings (SSSR count). The Morgan fingerprint density at radius 1 is 1.35 bits per heavy atom. The van der Waals surface area contributed by atoms with E-state index in [9.17, 15) is 18.0 Å². The lowest BCUT2D eigenvalue weighted by Crippen LogP contribution is -2.48. The third-order valence-corrected chi connectivity index (χ3v) is 6.70. The van der Waals surface area contributed by atoms with Gasteiger partial charge in [0, 0.05) is 26.7 Å². The van der Waals surface area contributed by atoms with Gasteiger partial charge in [0.15, 0.2) is 0 Å². The SMILES string of the molecule is CN1CCC[C@@]2(CCN(C(=O)c3sccc3S(N)(=O)=O)C2)C1=O. The summed E-state index contributed by atoms with van der Waals surface area (Å²) >= 11 is 1.06. The molecule has 1 spiro atoms. The maximum atomic E-state index is 12.7. The number of carbonyl (C=O) groups excluding carboxylic acids is 2. The average molecular weight is 357 g/mol. The van der Waals surface area contributed by atoms with E-state index in [0.717, 1.165) is 30.7 Å². The molecule has 2 N–H and O–H groups in total. The van der Waals surface area contributed by atoms with Crippen LogP contribution < -0.4 is 5.14 Å². The second-order valence-electron chi connectivity index (χ2n) is 6.25. The van der Waals surface area contributed by atoms with Crippen molar-refractivity contribution < 1.29 is 18.0 Å². The molecule has 0 radical (unpaired) electrons. The van der Waals surface area contributed by atoms with Gasteiger partial charge < -0.3 is 9.80 Å². The van der Waals surface area contributed by atoms with Crippen LogP contribution in [0.25, 0.3) is 0 Å². The lowest BCUT2D eigenvalue weighted by Gasteiger charge is -2.37. The summed E-state index contributed by atoms with van der Waals surface area (Å²) in [6.07, 6.45) is 2.32. The molecule has 2 fully saturated rings. The number of carbonyl (C=O) groups is 2. The summed E-state index contributed by atoms with van der Waals surface area (Å²) in [7, 11) is -2.15. The molecule has 7 nitrogen and oxygen atoms in total. The average Bonchev–Trinajstić information content (AvgIpc) is 3.11. The number of nitrogens with two attached hydrogens (primary N) is 1. The van der Waals surface area contributed by atoms with Crippen LogP contribution in [-0.2, 0) is 14.8 Å². The fraction of sp³-hybridized carbons (Fsp3) is 0.571. The van der Waals surface area contributed by atoms with Gasteiger partial charge in [-0.15, -0.1) is 11.3 Å². The minimum Gasteiger partial charge on any atom is -0.345 e. The van der Waals surface area contributed by atoms with Crippen molar-refractivity contribution in [3.05, 3.63) is 16.3 Å². The summed E-state index contributed by atoms with van der Waals surface area (Å²) in [4.78, 5) is 28.5. The smallest absolute Gasteiger partial charge is 0.265 e. The van der Waals surface area contributed by atoms with E-state index in [1.165, 1.54) is 6.07 Å². The van der Waals surface area contributed by atoms with Gasteiger partial charge in [0.25, 0.3) is 5.91 Å². The highest BCUT2D eigenvalue weighted by molar-refractivity contribution is 7.89. The Morgan fingerprint density at radius 2 is 2.09 bits per heavy atom. The maximum Gasteiger partial charge on any atom is 0.265 e. The number of amides is 2. The molecule has 23 heavy (non-hydrogen) atoms. The predicted octanol–water partition coefficient (Wildman–Crippen LogP) is 0.480. The fourth-order valence-corrected chi connectivity index (χ4v) is 5.45. The van der Waals surface area contributed by atoms with E-state index in [1.807, 2.05) is 0 Å². The lowest BCUT2D eigenvalue weighted by molar-refractivity contribution is -0.143. The molecule has 2 amide bonds. The molecule has 0 bridgehead atoms. The number of nitrogens with zero attached hydrogens (tertiary/aromatic N) is 2. The Hall–Kier alpha value is -1.45. The maximum absolute atomic E-state index is 12.7. The van der Waals surface area contributed by atoms with Crippen LogP contribution in [0.1, 0.15) is 28.9 Å². The summed E-state index contributed by atoms with van der Waals surface area (Å²) in [6, 6.07) is 1.35. The molecule has 9 heteroatoms. The highest BCUT2D eigenvalue weighted by Crippen LogP contribution is 2.40. The molecule has 0 saturated carbocycles. The lowest BCUT2D eigenvalue weighted by atomic mass is 9.78. The Kier molecular flexibility index (Phi) is 3.97. The molecule has 126 valence electrons. The first kappa shape index (κ1) is 16.4. The first-order chi connectivity index (χ1) is 10.7. The van der Waals surface area contributed by atoms with Crippen molar-refractivity contribution in [3.63, 3.8) is 0 Å². The van der Waals surface area contributed by atoms with Crippen LogP contribution in [0.5, 0.6) is 0 Å². The summed E-state index contributed by atoms with van der Waals surface area (Å²) in [5.41, 5.74) is -0.512. The Balaban J connectivity index is 1.84. The number of likely N-dealkylation sites (tertiary alicyclic amines) is 2. The van der Waals surface area contributed by atoms with Crippen LogP contribution in [0, 0.1) is 5.41 Å². The Bertz CT molecular complexity index is 758. The normalized spacial score (nSPS) is 25.4. The highest BCUT2D eigenvalue weighted by atomic mass is 32.2. The van der Waals surface area contributed by atoms with Crippen LogP contribution in [0.4, 0.5) is 0 Å². The fourth-order valence-electron chi connectivity index (χ4n) is 3.51. The van der Waals surface area contributed by atoms with E-state index in [0.29, 0.717) is 19.5 Å². The molecule has 2 saturated heterocycles. The van der Waals surface area contributed by atoms with E-state index >= 15 is 0 Å². The number of thiophene rings is 1. The Morgan fingerprint density at radius 3 is 2.78 bits per heavy atom. The van der Waals surface area contributed by atoms with Crippen molar-refractivity contribution >= 4 is 33.2 Å². The van der Waals surface area contributed by atoms with Gasteiger partial charge in [0.2, 0.25) is 15.9 Å². The van der Waals surface area contributed by atoms with Crippen LogP contribution in [0.15, 0.2) is 16.3 Å². The number of piperidine rings is 1. The van der Waals surface area contributed by atoms with E-state index < -0.39 is 15.4 Å². The van der Waals surface area contributed by atoms with Gasteiger partial charge in [-0.2, -0.15) is 0 Å². The molecular formula is C14H19N3O4S2. The van der Waals surface area contributed by atoms with Gasteiger partial charge in [0.05, 0.1) is 5.41 Å². The summed E-state index contributed by atoms with van der Waals surface area (Å²) < 4.78 is 23.2. The number of rotatable bonds is 2. The Labute approximate surface area is 139 Å². The minimum atomic E-state index is -3.93. The van der Waals surface area contributed by atoms with Gasteiger partial charge in [-0.05, 0) is 30.7 Å². The van der Waals surface area contributed by atoms with Crippen LogP contribution in [-0.4, -0.2) is 56.7 Å². The second-order valence-corrected chi connectivity index (χ2v) is 8.69. The first-order valence-corrected chi connectivity index (χ1v) is 9.82. The van der Waals surface area contributed by atoms with Gasteiger partial charge in [-0.3, -0.25) is 9.59 Å². The zero-order chi connectivity index (χ0) is 16.8. The molecule has 0 unspecified atom stereocenters. The third-order valence-electron chi connectivity index (χ3n) is 4.72. The van der Waals surface area contributed by atoms with Crippen molar-refractivity contribution in [2.45, 2.75) is 24.2 Å². The van der Waals surface area contributed by atoms with Crippen molar-refractivity contribution in [1.29, 1.82) is 0 Å². The molecule has 1 aromatic rings. The summed E-state index contributed by atoms with van der Waals surface area (Å²) in [6.45, 7) is 1.55. The standard InChI is InChI=1S/C14H19N3O4S2/c1-16-6-2-4-14(13(16)19)5-7-17(9-14)12(18)11-10(3-8-22-11)23(15,20)21/h3,8H,2,4-7,9H2,1H3,(H2,15,20,21)/t14-/m0/s1. The largest absolute Gasteiger partial charge is 0.345 e. The molecule has 1 atom stereocenters. The van der Waals surface area contributed by atoms with E-state index in [4.69, 9.17) is 5.14 Å². The quantitative estimate of drug-likeness (QED) is 0.832. The molecular weight excluding hydrogens is 338 g/mol. The van der Waals surface area contributed by atoms with Gasteiger partial charge in [-0.1, -0.05) is 0 Å². The summed E-state index contributed by atoms with van der Waals surface area (Å²) in [5.74, 6) is -0.279. The molecule has 3 heterocycles. The van der Waals surface area contributed by atoms with E-state index in [2.05, 4.69) is 0 Å². The second kappa shape index (κ2) is 5.57. The number of sulfonamides is 1. The van der Waals surface area contributed by atoms with Crippen LogP contribution in [0.3, 0.4) is 0 Å². The topological polar surface area (TPSA) is 101 Å². The van der Waals surface area contributed by atoms with E-state index in [-0.39, 0.29) is 21.6 Å². The molecule has 2 aliphatic heterocycles. The van der Waals surface area contributed by atoms with Gasteiger partial charge >= 0.3 is 0 Å². The van der Waals surface area contributed by atoms with Gasteiger partial charge in [0.1, 0.15) is 9.77 Å². The molecule has 0 aliphatic carbocycles. The minimum absolute atomic E-state index is 0.0805. The molecule has 2 aliphatic rings. The van der Waals surface area contributed by atoms with Crippen LogP contribution >= 0.6 is 11.3 Å². The number of hydrogen-bond donors (Lipinski definition) is 1. The van der Waals surface area contributed by atoms with Crippen molar-refractivity contribution in [1.82, 2.24) is 9.80 Å². The van der Waals surface area contributed by atoms with Crippen molar-refractivity contribution in [2.24, 2.45) is 10.6 Å².